The first-order chi connectivity index (χ1) is 12.5. The number of hydrogen-bond acceptors (Lipinski definition) is 6. The Morgan fingerprint density at radius 3 is 1.46 bits per heavy atom. The average Bonchev–Trinajstić information content (AvgIpc) is 2.61. The lowest BCUT2D eigenvalue weighted by atomic mass is 10.0. The molecule has 0 aliphatic rings. The number of hydrogen-bond donors (Lipinski definition) is 2. The molecular weight excluding hydrogens is 340 g/mol. The minimum atomic E-state index is -1.23. The van der Waals surface area contributed by atoms with Crippen molar-refractivity contribution >= 4 is 47.6 Å². The van der Waals surface area contributed by atoms with E-state index in [0.717, 1.165) is 0 Å². The minimum absolute atomic E-state index is 0.114. The molecule has 2 rings (SSSR count). The van der Waals surface area contributed by atoms with Crippen LogP contribution in [0.3, 0.4) is 0 Å². The normalized spacial score (nSPS) is 10.0. The number of aliphatic imine (C=N–C) groups is 2. The highest BCUT2D eigenvalue weighted by Gasteiger charge is 2.11. The summed E-state index contributed by atoms with van der Waals surface area (Å²) in [5.41, 5.74) is 0.615. The van der Waals surface area contributed by atoms with E-state index in [0.29, 0.717) is 0 Å². The van der Waals surface area contributed by atoms with Crippen molar-refractivity contribution in [3.05, 3.63) is 58.7 Å². The van der Waals surface area contributed by atoms with Gasteiger partial charge in [0.15, 0.2) is 0 Å². The Morgan fingerprint density at radius 1 is 0.769 bits per heavy atom. The van der Waals surface area contributed by atoms with Crippen LogP contribution in [0.25, 0.3) is 12.2 Å². The number of carbonyl (C=O) groups excluding carboxylic acids is 2. The zero-order valence-corrected chi connectivity index (χ0v) is 13.0. The second-order valence-corrected chi connectivity index (χ2v) is 4.89. The molecule has 0 aliphatic heterocycles. The zero-order valence-electron chi connectivity index (χ0n) is 13.0. The van der Waals surface area contributed by atoms with Crippen molar-refractivity contribution < 1.29 is 29.4 Å². The Bertz CT molecular complexity index is 931. The monoisotopic (exact) mass is 350 g/mol. The van der Waals surface area contributed by atoms with Crippen molar-refractivity contribution in [3.63, 3.8) is 0 Å². The Kier molecular flexibility index (Phi) is 5.69. The number of isocyanates is 2. The van der Waals surface area contributed by atoms with Crippen LogP contribution in [0.2, 0.25) is 0 Å². The van der Waals surface area contributed by atoms with Gasteiger partial charge in [-0.2, -0.15) is 9.98 Å². The van der Waals surface area contributed by atoms with Crippen molar-refractivity contribution in [3.8, 4) is 0 Å². The molecule has 0 spiro atoms. The minimum Gasteiger partial charge on any atom is -0.478 e. The van der Waals surface area contributed by atoms with Crippen LogP contribution in [0.4, 0.5) is 11.4 Å². The Labute approximate surface area is 146 Å². The third kappa shape index (κ3) is 4.24. The molecule has 0 saturated heterocycles. The van der Waals surface area contributed by atoms with Crippen molar-refractivity contribution in [1.82, 2.24) is 0 Å². The summed E-state index contributed by atoms with van der Waals surface area (Å²) >= 11 is 0. The summed E-state index contributed by atoms with van der Waals surface area (Å²) in [6, 6.07) is 8.12. The highest BCUT2D eigenvalue weighted by Crippen LogP contribution is 2.23. The number of carbonyl (C=O) groups is 2. The van der Waals surface area contributed by atoms with Crippen LogP contribution in [0.1, 0.15) is 31.8 Å². The standard InChI is InChI=1S/C18H10N2O6/c21-9-19-13-5-3-11(15(7-13)17(23)24)1-2-12-4-6-14(20-10-22)8-16(12)18(25)26/h1-8H,(H,23,24)(H,25,26)/b2-1+. The molecule has 2 aromatic rings. The summed E-state index contributed by atoms with van der Waals surface area (Å²) in [4.78, 5) is 50.0. The molecular formula is C18H10N2O6. The van der Waals surface area contributed by atoms with Gasteiger partial charge in [-0.3, -0.25) is 0 Å². The van der Waals surface area contributed by atoms with Gasteiger partial charge in [-0.25, -0.2) is 19.2 Å². The number of benzene rings is 2. The molecule has 0 fully saturated rings. The SMILES string of the molecule is O=C=Nc1ccc(/C=C/c2ccc(N=C=O)cc2C(=O)O)c(C(=O)O)c1. The molecule has 0 amide bonds. The first-order valence-electron chi connectivity index (χ1n) is 7.04. The number of aromatic carboxylic acids is 2. The molecule has 0 bridgehead atoms. The maximum Gasteiger partial charge on any atom is 0.336 e. The molecule has 0 unspecified atom stereocenters. The van der Waals surface area contributed by atoms with E-state index in [-0.39, 0.29) is 33.6 Å². The highest BCUT2D eigenvalue weighted by atomic mass is 16.4. The van der Waals surface area contributed by atoms with E-state index in [9.17, 15) is 29.4 Å². The van der Waals surface area contributed by atoms with Crippen LogP contribution in [0, 0.1) is 0 Å². The van der Waals surface area contributed by atoms with Gasteiger partial charge < -0.3 is 10.2 Å². The van der Waals surface area contributed by atoms with E-state index in [2.05, 4.69) is 9.98 Å². The largest absolute Gasteiger partial charge is 0.478 e. The molecule has 2 N–H and O–H groups in total. The molecule has 8 heteroatoms. The van der Waals surface area contributed by atoms with Crippen molar-refractivity contribution in [1.29, 1.82) is 0 Å². The molecule has 0 atom stereocenters. The summed E-state index contributed by atoms with van der Waals surface area (Å²) < 4.78 is 0. The molecule has 128 valence electrons. The van der Waals surface area contributed by atoms with E-state index >= 15 is 0 Å². The summed E-state index contributed by atoms with van der Waals surface area (Å²) in [6.45, 7) is 0. The van der Waals surface area contributed by atoms with E-state index in [1.165, 1.54) is 60.7 Å². The van der Waals surface area contributed by atoms with Crippen LogP contribution < -0.4 is 0 Å². The summed E-state index contributed by atoms with van der Waals surface area (Å²) in [6.07, 6.45) is 5.49. The Balaban J connectivity index is 2.50. The first-order valence-corrected chi connectivity index (χ1v) is 7.04. The summed E-state index contributed by atoms with van der Waals surface area (Å²) in [7, 11) is 0. The van der Waals surface area contributed by atoms with Crippen LogP contribution >= 0.6 is 0 Å². The molecule has 8 nitrogen and oxygen atoms in total. The van der Waals surface area contributed by atoms with Gasteiger partial charge in [0.05, 0.1) is 22.5 Å². The lowest BCUT2D eigenvalue weighted by Crippen LogP contribution is -2.00. The number of rotatable bonds is 6. The summed E-state index contributed by atoms with van der Waals surface area (Å²) in [5.74, 6) is -2.47. The maximum atomic E-state index is 11.4. The predicted molar refractivity (Wildman–Crippen MR) is 91.3 cm³/mol. The second kappa shape index (κ2) is 8.12. The molecule has 0 heterocycles. The van der Waals surface area contributed by atoms with Gasteiger partial charge in [-0.1, -0.05) is 24.3 Å². The van der Waals surface area contributed by atoms with Gasteiger partial charge in [0.2, 0.25) is 12.2 Å². The van der Waals surface area contributed by atoms with Crippen LogP contribution in [0.15, 0.2) is 46.4 Å². The van der Waals surface area contributed by atoms with Gasteiger partial charge in [0.25, 0.3) is 0 Å². The van der Waals surface area contributed by atoms with Gasteiger partial charge in [-0.15, -0.1) is 0 Å². The maximum absolute atomic E-state index is 11.4. The third-order valence-corrected chi connectivity index (χ3v) is 3.33. The lowest BCUT2D eigenvalue weighted by molar-refractivity contribution is 0.0685. The van der Waals surface area contributed by atoms with Gasteiger partial charge in [-0.05, 0) is 35.4 Å². The molecule has 26 heavy (non-hydrogen) atoms. The first kappa shape index (κ1) is 18.2. The van der Waals surface area contributed by atoms with E-state index in [1.807, 2.05) is 0 Å². The average molecular weight is 350 g/mol. The Hall–Kier alpha value is -4.12. The van der Waals surface area contributed by atoms with Crippen molar-refractivity contribution in [2.24, 2.45) is 9.98 Å². The smallest absolute Gasteiger partial charge is 0.336 e. The van der Waals surface area contributed by atoms with Gasteiger partial charge >= 0.3 is 11.9 Å². The predicted octanol–water partition coefficient (Wildman–Crippen LogP) is 3.19. The third-order valence-electron chi connectivity index (χ3n) is 3.33. The molecule has 0 aliphatic carbocycles. The number of carboxylic acid groups (broad SMARTS) is 2. The fourth-order valence-corrected chi connectivity index (χ4v) is 2.17. The summed E-state index contributed by atoms with van der Waals surface area (Å²) in [5, 5.41) is 18.6. The second-order valence-electron chi connectivity index (χ2n) is 4.89. The molecule has 2 aromatic carbocycles. The topological polar surface area (TPSA) is 133 Å². The molecule has 0 aromatic heterocycles. The van der Waals surface area contributed by atoms with Crippen molar-refractivity contribution in [2.75, 3.05) is 0 Å². The quantitative estimate of drug-likeness (QED) is 0.467. The number of carboxylic acids is 2. The Morgan fingerprint density at radius 2 is 1.15 bits per heavy atom. The van der Waals surface area contributed by atoms with E-state index in [1.54, 1.807) is 0 Å². The fraction of sp³-hybridized carbons (Fsp3) is 0. The van der Waals surface area contributed by atoms with Crippen LogP contribution in [-0.2, 0) is 9.59 Å². The van der Waals surface area contributed by atoms with Crippen LogP contribution in [0.5, 0.6) is 0 Å². The van der Waals surface area contributed by atoms with E-state index < -0.39 is 11.9 Å². The van der Waals surface area contributed by atoms with Crippen LogP contribution in [-0.4, -0.2) is 34.3 Å². The van der Waals surface area contributed by atoms with Crippen molar-refractivity contribution in [2.45, 2.75) is 0 Å². The van der Waals surface area contributed by atoms with Gasteiger partial charge in [0.1, 0.15) is 0 Å². The number of nitrogens with zero attached hydrogens (tertiary/aromatic N) is 2. The lowest BCUT2D eigenvalue weighted by Gasteiger charge is -2.04. The molecule has 0 radical (unpaired) electrons. The fourth-order valence-electron chi connectivity index (χ4n) is 2.17. The molecule has 0 saturated carbocycles. The van der Waals surface area contributed by atoms with Gasteiger partial charge in [0, 0.05) is 0 Å². The zero-order chi connectivity index (χ0) is 19.1. The van der Waals surface area contributed by atoms with E-state index in [4.69, 9.17) is 0 Å². The highest BCUT2D eigenvalue weighted by molar-refractivity contribution is 5.97.